The lowest BCUT2D eigenvalue weighted by Crippen LogP contribution is -2.30. The number of nitrogens with zero attached hydrogens (tertiary/aromatic N) is 1. The van der Waals surface area contributed by atoms with Crippen LogP contribution in [0.15, 0.2) is 46.6 Å². The fourth-order valence-electron chi connectivity index (χ4n) is 2.53. The summed E-state index contributed by atoms with van der Waals surface area (Å²) in [5.41, 5.74) is 2.14. The number of carbonyl (C=O) groups excluding carboxylic acids is 2. The van der Waals surface area contributed by atoms with Crippen molar-refractivity contribution in [1.29, 1.82) is 0 Å². The van der Waals surface area contributed by atoms with Crippen molar-refractivity contribution in [2.75, 3.05) is 19.0 Å². The van der Waals surface area contributed by atoms with Crippen LogP contribution in [0.5, 0.6) is 0 Å². The van der Waals surface area contributed by atoms with Crippen molar-refractivity contribution in [3.8, 4) is 0 Å². The van der Waals surface area contributed by atoms with Gasteiger partial charge in [-0.05, 0) is 26.3 Å². The lowest BCUT2D eigenvalue weighted by molar-refractivity contribution is -0.142. The number of hydrogen-bond donors (Lipinski definition) is 1. The maximum Gasteiger partial charge on any atom is 0.338 e. The van der Waals surface area contributed by atoms with Gasteiger partial charge in [-0.2, -0.15) is 0 Å². The van der Waals surface area contributed by atoms with Gasteiger partial charge in [-0.15, -0.1) is 0 Å². The minimum atomic E-state index is -0.429. The number of rotatable bonds is 7. The normalized spacial score (nSPS) is 16.6. The Kier molecular flexibility index (Phi) is 7.72. The Labute approximate surface area is 158 Å². The molecule has 0 saturated carbocycles. The van der Waals surface area contributed by atoms with E-state index in [1.807, 2.05) is 37.3 Å². The molecule has 1 N–H and O–H groups in total. The van der Waals surface area contributed by atoms with Crippen LogP contribution in [0.3, 0.4) is 0 Å². The summed E-state index contributed by atoms with van der Waals surface area (Å²) in [6.07, 6.45) is 0.308. The van der Waals surface area contributed by atoms with Crippen LogP contribution in [0.1, 0.15) is 38.8 Å². The fourth-order valence-corrected chi connectivity index (χ4v) is 3.40. The first-order valence-corrected chi connectivity index (χ1v) is 9.61. The number of hydrogen-bond acceptors (Lipinski definition) is 7. The van der Waals surface area contributed by atoms with Gasteiger partial charge >= 0.3 is 11.9 Å². The minimum absolute atomic E-state index is 0.226. The van der Waals surface area contributed by atoms with E-state index in [1.165, 1.54) is 11.8 Å². The Bertz CT molecular complexity index is 701. The molecular formula is C19H24N2O4S. The van der Waals surface area contributed by atoms with Gasteiger partial charge in [0.2, 0.25) is 0 Å². The highest BCUT2D eigenvalue weighted by Crippen LogP contribution is 2.32. The number of thioether (sulfide) groups is 1. The standard InChI is InChI=1S/C19H24N2O4S/c1-4-24-15(22)11-12-26-19-20-13(3)16(18(23)25-5-2)17(21-19)14-9-7-6-8-10-14/h6-10,17H,4-5,11-12H2,1-3H3,(H,20,21). The van der Waals surface area contributed by atoms with Gasteiger partial charge in [0.25, 0.3) is 0 Å². The van der Waals surface area contributed by atoms with Gasteiger partial charge in [0.05, 0.1) is 25.2 Å². The molecule has 0 spiro atoms. The molecule has 0 bridgehead atoms. The van der Waals surface area contributed by atoms with Gasteiger partial charge < -0.3 is 14.8 Å². The van der Waals surface area contributed by atoms with E-state index in [1.54, 1.807) is 13.8 Å². The van der Waals surface area contributed by atoms with Gasteiger partial charge in [-0.3, -0.25) is 4.79 Å². The highest BCUT2D eigenvalue weighted by atomic mass is 32.2. The molecule has 0 aliphatic carbocycles. The lowest BCUT2D eigenvalue weighted by atomic mass is 9.97. The number of nitrogens with one attached hydrogen (secondary N) is 1. The summed E-state index contributed by atoms with van der Waals surface area (Å²) in [7, 11) is 0. The number of esters is 2. The molecule has 2 rings (SSSR count). The van der Waals surface area contributed by atoms with E-state index in [9.17, 15) is 9.59 Å². The molecular weight excluding hydrogens is 352 g/mol. The summed E-state index contributed by atoms with van der Waals surface area (Å²) in [5, 5.41) is 3.83. The summed E-state index contributed by atoms with van der Waals surface area (Å²) >= 11 is 1.43. The summed E-state index contributed by atoms with van der Waals surface area (Å²) < 4.78 is 10.1. The molecule has 0 fully saturated rings. The summed E-state index contributed by atoms with van der Waals surface area (Å²) in [5.74, 6) is -0.0463. The zero-order valence-electron chi connectivity index (χ0n) is 15.3. The van der Waals surface area contributed by atoms with E-state index in [4.69, 9.17) is 9.47 Å². The second-order valence-electron chi connectivity index (χ2n) is 5.54. The zero-order chi connectivity index (χ0) is 18.9. The largest absolute Gasteiger partial charge is 0.466 e. The first-order valence-electron chi connectivity index (χ1n) is 8.62. The Hall–Kier alpha value is -2.28. The molecule has 1 aliphatic rings. The molecule has 0 radical (unpaired) electrons. The van der Waals surface area contributed by atoms with Crippen molar-refractivity contribution in [3.05, 3.63) is 47.2 Å². The molecule has 26 heavy (non-hydrogen) atoms. The molecule has 1 aliphatic heterocycles. The predicted molar refractivity (Wildman–Crippen MR) is 103 cm³/mol. The number of aliphatic imine (C=N–C) groups is 1. The molecule has 1 atom stereocenters. The average molecular weight is 376 g/mol. The van der Waals surface area contributed by atoms with E-state index in [0.717, 1.165) is 5.56 Å². The van der Waals surface area contributed by atoms with Crippen LogP contribution in [0.25, 0.3) is 0 Å². The molecule has 0 amide bonds. The van der Waals surface area contributed by atoms with Crippen molar-refractivity contribution in [2.45, 2.75) is 33.2 Å². The lowest BCUT2D eigenvalue weighted by Gasteiger charge is -2.25. The molecule has 1 heterocycles. The van der Waals surface area contributed by atoms with Crippen LogP contribution < -0.4 is 5.32 Å². The van der Waals surface area contributed by atoms with Crippen molar-refractivity contribution >= 4 is 28.9 Å². The monoisotopic (exact) mass is 376 g/mol. The van der Waals surface area contributed by atoms with E-state index < -0.39 is 6.04 Å². The van der Waals surface area contributed by atoms with Crippen LogP contribution in [0, 0.1) is 0 Å². The molecule has 140 valence electrons. The minimum Gasteiger partial charge on any atom is -0.466 e. The van der Waals surface area contributed by atoms with Crippen molar-refractivity contribution < 1.29 is 19.1 Å². The quantitative estimate of drug-likeness (QED) is 0.737. The number of amidine groups is 1. The van der Waals surface area contributed by atoms with Crippen LogP contribution in [-0.2, 0) is 19.1 Å². The van der Waals surface area contributed by atoms with E-state index in [0.29, 0.717) is 41.8 Å². The Balaban J connectivity index is 2.18. The average Bonchev–Trinajstić information content (AvgIpc) is 2.62. The molecule has 7 heteroatoms. The van der Waals surface area contributed by atoms with Crippen molar-refractivity contribution in [2.24, 2.45) is 4.99 Å². The predicted octanol–water partition coefficient (Wildman–Crippen LogP) is 3.21. The molecule has 1 unspecified atom stereocenters. The summed E-state index contributed by atoms with van der Waals surface area (Å²) in [4.78, 5) is 28.6. The van der Waals surface area contributed by atoms with E-state index in [-0.39, 0.29) is 11.9 Å². The van der Waals surface area contributed by atoms with Crippen LogP contribution in [0.2, 0.25) is 0 Å². The molecule has 1 aromatic rings. The third-order valence-corrected chi connectivity index (χ3v) is 4.57. The summed E-state index contributed by atoms with van der Waals surface area (Å²) in [6.45, 7) is 6.09. The van der Waals surface area contributed by atoms with Gasteiger partial charge in [0.15, 0.2) is 5.17 Å². The first-order chi connectivity index (χ1) is 12.6. The topological polar surface area (TPSA) is 77.0 Å². The first kappa shape index (κ1) is 20.0. The fraction of sp³-hybridized carbons (Fsp3) is 0.421. The van der Waals surface area contributed by atoms with E-state index in [2.05, 4.69) is 10.3 Å². The number of ether oxygens (including phenoxy) is 2. The van der Waals surface area contributed by atoms with Gasteiger partial charge in [-0.1, -0.05) is 42.1 Å². The molecule has 0 aromatic heterocycles. The maximum absolute atomic E-state index is 12.4. The van der Waals surface area contributed by atoms with Crippen LogP contribution >= 0.6 is 11.8 Å². The number of carbonyl (C=O) groups is 2. The van der Waals surface area contributed by atoms with Gasteiger partial charge in [0.1, 0.15) is 6.04 Å². The Morgan fingerprint density at radius 3 is 2.50 bits per heavy atom. The highest BCUT2D eigenvalue weighted by Gasteiger charge is 2.30. The van der Waals surface area contributed by atoms with Crippen LogP contribution in [0.4, 0.5) is 0 Å². The van der Waals surface area contributed by atoms with Gasteiger partial charge in [0, 0.05) is 11.4 Å². The highest BCUT2D eigenvalue weighted by molar-refractivity contribution is 8.13. The number of allylic oxidation sites excluding steroid dienone is 1. The Morgan fingerprint density at radius 1 is 1.15 bits per heavy atom. The second-order valence-corrected chi connectivity index (χ2v) is 6.62. The van der Waals surface area contributed by atoms with Crippen molar-refractivity contribution in [3.63, 3.8) is 0 Å². The molecule has 6 nitrogen and oxygen atoms in total. The van der Waals surface area contributed by atoms with E-state index >= 15 is 0 Å². The van der Waals surface area contributed by atoms with Crippen LogP contribution in [-0.4, -0.2) is 36.1 Å². The third kappa shape index (κ3) is 5.36. The Morgan fingerprint density at radius 2 is 1.85 bits per heavy atom. The van der Waals surface area contributed by atoms with Gasteiger partial charge in [-0.25, -0.2) is 9.79 Å². The third-order valence-electron chi connectivity index (χ3n) is 3.68. The SMILES string of the molecule is CCOC(=O)CCSC1=NC(c2ccccc2)C(C(=O)OCC)=C(C)N1. The summed E-state index contributed by atoms with van der Waals surface area (Å²) in [6, 6.07) is 9.20. The maximum atomic E-state index is 12.4. The second kappa shape index (κ2) is 10.0. The van der Waals surface area contributed by atoms with Crippen molar-refractivity contribution in [1.82, 2.24) is 5.32 Å². The molecule has 0 saturated heterocycles. The molecule has 1 aromatic carbocycles. The number of benzene rings is 1. The smallest absolute Gasteiger partial charge is 0.338 e. The zero-order valence-corrected chi connectivity index (χ0v) is 16.1.